The Morgan fingerprint density at radius 3 is 2.29 bits per heavy atom. The molecule has 2 aliphatic rings. The summed E-state index contributed by atoms with van der Waals surface area (Å²) in [4.78, 5) is 0. The van der Waals surface area contributed by atoms with Crippen molar-refractivity contribution in [3.05, 3.63) is 95.8 Å². The molecule has 5 rings (SSSR count). The van der Waals surface area contributed by atoms with Crippen LogP contribution in [0.1, 0.15) is 28.8 Å². The van der Waals surface area contributed by atoms with Crippen molar-refractivity contribution in [1.29, 1.82) is 0 Å². The van der Waals surface area contributed by atoms with Crippen LogP contribution in [0.4, 0.5) is 4.39 Å². The van der Waals surface area contributed by atoms with Gasteiger partial charge in [-0.25, -0.2) is 12.8 Å². The van der Waals surface area contributed by atoms with Gasteiger partial charge in [-0.15, -0.1) is 4.40 Å². The smallest absolute Gasteiger partial charge is 0.301 e. The number of hydrogen-bond acceptors (Lipinski definition) is 6. The monoisotopic (exact) mass is 496 g/mol. The van der Waals surface area contributed by atoms with E-state index in [1.807, 2.05) is 42.5 Å². The minimum atomic E-state index is -4.06. The van der Waals surface area contributed by atoms with Crippen LogP contribution in [-0.2, 0) is 19.5 Å². The lowest BCUT2D eigenvalue weighted by atomic mass is 9.90. The first kappa shape index (κ1) is 23.5. The molecule has 0 aromatic heterocycles. The fourth-order valence-corrected chi connectivity index (χ4v) is 6.23. The van der Waals surface area contributed by atoms with Crippen molar-refractivity contribution in [3.63, 3.8) is 0 Å². The molecule has 182 valence electrons. The van der Waals surface area contributed by atoms with Gasteiger partial charge in [-0.3, -0.25) is 0 Å². The SMILES string of the molecule is O=S1(=O)N=C(N[C@@H](CCO)c2ccccc2F)OC2(COC2)C1c1ccc(-c2ccccc2)cc1. The van der Waals surface area contributed by atoms with E-state index in [9.17, 15) is 17.9 Å². The van der Waals surface area contributed by atoms with Crippen LogP contribution in [0, 0.1) is 5.82 Å². The lowest BCUT2D eigenvalue weighted by Crippen LogP contribution is -2.62. The molecule has 1 spiro atoms. The number of sulfonamides is 1. The first-order valence-electron chi connectivity index (χ1n) is 11.3. The van der Waals surface area contributed by atoms with Gasteiger partial charge < -0.3 is 19.9 Å². The van der Waals surface area contributed by atoms with Gasteiger partial charge in [0.2, 0.25) is 0 Å². The Morgan fingerprint density at radius 1 is 1.00 bits per heavy atom. The third-order valence-electron chi connectivity index (χ3n) is 6.30. The van der Waals surface area contributed by atoms with Gasteiger partial charge in [-0.2, -0.15) is 0 Å². The van der Waals surface area contributed by atoms with Crippen molar-refractivity contribution in [2.75, 3.05) is 19.8 Å². The summed E-state index contributed by atoms with van der Waals surface area (Å²) in [6, 6.07) is 22.2. The van der Waals surface area contributed by atoms with Gasteiger partial charge in [-0.1, -0.05) is 72.8 Å². The van der Waals surface area contributed by atoms with Crippen LogP contribution in [-0.4, -0.2) is 45.0 Å². The highest BCUT2D eigenvalue weighted by Gasteiger charge is 2.58. The van der Waals surface area contributed by atoms with E-state index in [0.29, 0.717) is 5.56 Å². The Labute approximate surface area is 203 Å². The van der Waals surface area contributed by atoms with Crippen molar-refractivity contribution in [2.24, 2.45) is 4.40 Å². The van der Waals surface area contributed by atoms with Gasteiger partial charge in [0.05, 0.1) is 19.3 Å². The van der Waals surface area contributed by atoms with Crippen LogP contribution in [0.15, 0.2) is 83.3 Å². The molecule has 2 heterocycles. The summed E-state index contributed by atoms with van der Waals surface area (Å²) in [5, 5.41) is 11.3. The minimum Gasteiger partial charge on any atom is -0.451 e. The number of amidine groups is 1. The minimum absolute atomic E-state index is 0.0718. The standard InChI is InChI=1S/C26H25FN2O5S/c27-22-9-5-4-8-21(22)23(14-15-30)28-25-29-35(31,32)24(26(34-25)16-33-17-26)20-12-10-19(11-13-20)18-6-2-1-3-7-18/h1-13,23-24,30H,14-17H2,(H,28,29)/t23-,24?/m0/s1. The number of nitrogens with one attached hydrogen (secondary N) is 1. The summed E-state index contributed by atoms with van der Waals surface area (Å²) in [7, 11) is -4.06. The highest BCUT2D eigenvalue weighted by atomic mass is 32.2. The van der Waals surface area contributed by atoms with Crippen molar-refractivity contribution < 1.29 is 27.4 Å². The van der Waals surface area contributed by atoms with Crippen molar-refractivity contribution in [1.82, 2.24) is 5.32 Å². The molecule has 0 saturated carbocycles. The highest BCUT2D eigenvalue weighted by molar-refractivity contribution is 7.90. The van der Waals surface area contributed by atoms with Gasteiger partial charge in [0.1, 0.15) is 5.82 Å². The number of hydrogen-bond donors (Lipinski definition) is 2. The zero-order chi connectivity index (χ0) is 24.5. The molecule has 2 atom stereocenters. The number of rotatable bonds is 6. The Balaban J connectivity index is 1.46. The highest BCUT2D eigenvalue weighted by Crippen LogP contribution is 2.45. The summed E-state index contributed by atoms with van der Waals surface area (Å²) in [5.74, 6) is -0.476. The number of ether oxygens (including phenoxy) is 2. The second-order valence-corrected chi connectivity index (χ2v) is 10.4. The predicted octanol–water partition coefficient (Wildman–Crippen LogP) is 3.73. The average molecular weight is 497 g/mol. The summed E-state index contributed by atoms with van der Waals surface area (Å²) in [6.45, 7) is -0.0958. The molecule has 2 N–H and O–H groups in total. The topological polar surface area (TPSA) is 97.2 Å². The Kier molecular flexibility index (Phi) is 6.31. The van der Waals surface area contributed by atoms with Crippen LogP contribution in [0.3, 0.4) is 0 Å². The number of aliphatic hydroxyl groups excluding tert-OH is 1. The summed E-state index contributed by atoms with van der Waals surface area (Å²) >= 11 is 0. The van der Waals surface area contributed by atoms with E-state index in [1.165, 1.54) is 6.07 Å². The molecule has 3 aromatic rings. The maximum atomic E-state index is 14.4. The Morgan fingerprint density at radius 2 is 1.66 bits per heavy atom. The summed E-state index contributed by atoms with van der Waals surface area (Å²) in [5.41, 5.74) is 1.66. The lowest BCUT2D eigenvalue weighted by Gasteiger charge is -2.47. The van der Waals surface area contributed by atoms with Crippen molar-refractivity contribution >= 4 is 16.0 Å². The number of halogens is 1. The maximum Gasteiger partial charge on any atom is 0.301 e. The van der Waals surface area contributed by atoms with Crippen LogP contribution in [0.25, 0.3) is 11.1 Å². The van der Waals surface area contributed by atoms with Gasteiger partial charge in [-0.05, 0) is 29.2 Å². The second-order valence-electron chi connectivity index (χ2n) is 8.67. The average Bonchev–Trinajstić information content (AvgIpc) is 2.83. The molecule has 0 aliphatic carbocycles. The number of nitrogens with zero attached hydrogens (tertiary/aromatic N) is 1. The van der Waals surface area contributed by atoms with Gasteiger partial charge in [0, 0.05) is 12.2 Å². The number of benzene rings is 3. The quantitative estimate of drug-likeness (QED) is 0.540. The normalized spacial score (nSPS) is 20.9. The molecule has 3 aromatic carbocycles. The van der Waals surface area contributed by atoms with E-state index in [0.717, 1.165) is 11.1 Å². The zero-order valence-corrected chi connectivity index (χ0v) is 19.6. The number of aliphatic hydroxyl groups is 1. The first-order chi connectivity index (χ1) is 16.9. The molecule has 2 aliphatic heterocycles. The van der Waals surface area contributed by atoms with E-state index < -0.39 is 32.7 Å². The third kappa shape index (κ3) is 4.54. The lowest BCUT2D eigenvalue weighted by molar-refractivity contribution is -0.173. The maximum absolute atomic E-state index is 14.4. The van der Waals surface area contributed by atoms with Gasteiger partial charge in [0.15, 0.2) is 10.9 Å². The van der Waals surface area contributed by atoms with Crippen LogP contribution < -0.4 is 5.32 Å². The van der Waals surface area contributed by atoms with Crippen LogP contribution in [0.2, 0.25) is 0 Å². The van der Waals surface area contributed by atoms with Crippen molar-refractivity contribution in [2.45, 2.75) is 23.3 Å². The van der Waals surface area contributed by atoms with Crippen LogP contribution in [0.5, 0.6) is 0 Å². The molecule has 0 radical (unpaired) electrons. The fourth-order valence-electron chi connectivity index (χ4n) is 4.57. The third-order valence-corrected chi connectivity index (χ3v) is 8.01. The van der Waals surface area contributed by atoms with E-state index in [4.69, 9.17) is 9.47 Å². The predicted molar refractivity (Wildman–Crippen MR) is 130 cm³/mol. The van der Waals surface area contributed by atoms with Crippen LogP contribution >= 0.6 is 0 Å². The molecule has 1 saturated heterocycles. The molecule has 1 unspecified atom stereocenters. The van der Waals surface area contributed by atoms with Crippen molar-refractivity contribution in [3.8, 4) is 11.1 Å². The molecule has 0 bridgehead atoms. The second kappa shape index (κ2) is 9.41. The summed E-state index contributed by atoms with van der Waals surface area (Å²) < 4.78 is 56.6. The molecule has 1 fully saturated rings. The molecular weight excluding hydrogens is 471 g/mol. The largest absolute Gasteiger partial charge is 0.451 e. The Bertz CT molecular complexity index is 1330. The van der Waals surface area contributed by atoms with E-state index in [1.54, 1.807) is 30.3 Å². The molecular formula is C26H25FN2O5S. The first-order valence-corrected chi connectivity index (χ1v) is 12.8. The molecule has 0 amide bonds. The van der Waals surface area contributed by atoms with E-state index >= 15 is 0 Å². The molecule has 9 heteroatoms. The Hall–Kier alpha value is -3.27. The van der Waals surface area contributed by atoms with E-state index in [-0.39, 0.29) is 37.8 Å². The summed E-state index contributed by atoms with van der Waals surface area (Å²) in [6.07, 6.45) is 0.136. The van der Waals surface area contributed by atoms with E-state index in [2.05, 4.69) is 9.71 Å². The zero-order valence-electron chi connectivity index (χ0n) is 18.8. The van der Waals surface area contributed by atoms with Gasteiger partial charge in [0.25, 0.3) is 10.0 Å². The fraction of sp³-hybridized carbons (Fsp3) is 0.269. The van der Waals surface area contributed by atoms with Gasteiger partial charge >= 0.3 is 6.02 Å². The molecule has 35 heavy (non-hydrogen) atoms. The molecule has 7 nitrogen and oxygen atoms in total.